The molecular formula is C23H18ClNO2. The molecule has 1 heterocycles. The Morgan fingerprint density at radius 1 is 0.926 bits per heavy atom. The number of nitrogens with two attached hydrogens (primary N) is 1. The van der Waals surface area contributed by atoms with Gasteiger partial charge in [-0.25, -0.2) is 0 Å². The van der Waals surface area contributed by atoms with Gasteiger partial charge in [-0.1, -0.05) is 53.6 Å². The third-order valence-corrected chi connectivity index (χ3v) is 4.97. The molecule has 4 heteroatoms. The topological polar surface area (TPSA) is 56.2 Å². The highest BCUT2D eigenvalue weighted by molar-refractivity contribution is 6.35. The van der Waals surface area contributed by atoms with E-state index < -0.39 is 0 Å². The molecule has 2 N–H and O–H groups in total. The van der Waals surface area contributed by atoms with Crippen LogP contribution in [0.4, 0.5) is 5.69 Å². The first-order valence-corrected chi connectivity index (χ1v) is 9.02. The summed E-state index contributed by atoms with van der Waals surface area (Å²) in [6, 6.07) is 19.3. The van der Waals surface area contributed by atoms with Gasteiger partial charge >= 0.3 is 0 Å². The van der Waals surface area contributed by atoms with E-state index in [1.165, 1.54) is 5.56 Å². The molecule has 0 spiro atoms. The zero-order valence-corrected chi connectivity index (χ0v) is 15.8. The predicted molar refractivity (Wildman–Crippen MR) is 110 cm³/mol. The van der Waals surface area contributed by atoms with E-state index in [4.69, 9.17) is 21.8 Å². The van der Waals surface area contributed by atoms with Crippen LogP contribution in [0.3, 0.4) is 0 Å². The number of hydrogen-bond donors (Lipinski definition) is 1. The monoisotopic (exact) mass is 375 g/mol. The molecule has 0 amide bonds. The molecule has 0 radical (unpaired) electrons. The predicted octanol–water partition coefficient (Wildman–Crippen LogP) is 6.18. The van der Waals surface area contributed by atoms with Crippen molar-refractivity contribution < 1.29 is 9.21 Å². The van der Waals surface area contributed by atoms with E-state index in [2.05, 4.69) is 19.1 Å². The van der Waals surface area contributed by atoms with Gasteiger partial charge in [-0.3, -0.25) is 4.79 Å². The number of aryl methyl sites for hydroxylation is 2. The maximum Gasteiger partial charge on any atom is 0.231 e. The van der Waals surface area contributed by atoms with Crippen LogP contribution in [0.5, 0.6) is 0 Å². The van der Waals surface area contributed by atoms with Crippen molar-refractivity contribution in [3.8, 4) is 11.1 Å². The summed E-state index contributed by atoms with van der Waals surface area (Å²) in [5.74, 6) is -0.192. The highest BCUT2D eigenvalue weighted by Gasteiger charge is 2.22. The molecule has 3 aromatic carbocycles. The van der Waals surface area contributed by atoms with Crippen LogP contribution >= 0.6 is 11.6 Å². The molecule has 0 aliphatic rings. The van der Waals surface area contributed by atoms with Crippen LogP contribution in [0.25, 0.3) is 22.1 Å². The van der Waals surface area contributed by atoms with Crippen LogP contribution in [-0.2, 0) is 0 Å². The minimum Gasteiger partial charge on any atom is -0.450 e. The van der Waals surface area contributed by atoms with Crippen LogP contribution in [0, 0.1) is 13.8 Å². The molecule has 0 fully saturated rings. The second kappa shape index (κ2) is 6.60. The molecule has 0 aliphatic carbocycles. The third-order valence-electron chi connectivity index (χ3n) is 4.66. The van der Waals surface area contributed by atoms with Crippen molar-refractivity contribution in [1.82, 2.24) is 0 Å². The van der Waals surface area contributed by atoms with Crippen molar-refractivity contribution in [1.29, 1.82) is 0 Å². The van der Waals surface area contributed by atoms with Crippen molar-refractivity contribution in [3.05, 3.63) is 88.1 Å². The molecule has 1 aromatic heterocycles. The number of hydrogen-bond acceptors (Lipinski definition) is 3. The van der Waals surface area contributed by atoms with E-state index in [0.29, 0.717) is 21.9 Å². The minimum atomic E-state index is -0.314. The molecule has 0 aliphatic heterocycles. The quantitative estimate of drug-likeness (QED) is 0.435. The summed E-state index contributed by atoms with van der Waals surface area (Å²) < 4.78 is 5.86. The second-order valence-electron chi connectivity index (χ2n) is 6.74. The Hall–Kier alpha value is -3.04. The Morgan fingerprint density at radius 3 is 2.41 bits per heavy atom. The van der Waals surface area contributed by atoms with Crippen LogP contribution in [0.15, 0.2) is 65.1 Å². The van der Waals surface area contributed by atoms with Crippen molar-refractivity contribution in [2.24, 2.45) is 0 Å². The van der Waals surface area contributed by atoms with E-state index in [1.807, 2.05) is 43.3 Å². The largest absolute Gasteiger partial charge is 0.450 e. The lowest BCUT2D eigenvalue weighted by Crippen LogP contribution is -2.04. The normalized spacial score (nSPS) is 11.1. The molecule has 3 nitrogen and oxygen atoms in total. The van der Waals surface area contributed by atoms with Gasteiger partial charge in [0.15, 0.2) is 5.76 Å². The van der Waals surface area contributed by atoms with E-state index >= 15 is 0 Å². The summed E-state index contributed by atoms with van der Waals surface area (Å²) in [6.45, 7) is 3.97. The standard InChI is InChI=1S/C23H18ClNO2/c1-13-4-3-5-15(10-13)16-7-9-18-20(12-16)27-23(21(18)25)22(26)17-8-6-14(2)11-19(17)24/h3-12H,25H2,1-2H3. The highest BCUT2D eigenvalue weighted by atomic mass is 35.5. The Morgan fingerprint density at radius 2 is 1.67 bits per heavy atom. The fourth-order valence-corrected chi connectivity index (χ4v) is 3.54. The molecule has 0 atom stereocenters. The number of carbonyl (C=O) groups excluding carboxylic acids is 1. The molecule has 0 saturated heterocycles. The Balaban J connectivity index is 1.81. The number of rotatable bonds is 3. The van der Waals surface area contributed by atoms with Crippen LogP contribution in [0.1, 0.15) is 27.2 Å². The van der Waals surface area contributed by atoms with Gasteiger partial charge < -0.3 is 10.2 Å². The number of furan rings is 1. The van der Waals surface area contributed by atoms with Gasteiger partial charge in [0.05, 0.1) is 10.7 Å². The van der Waals surface area contributed by atoms with Crippen molar-refractivity contribution in [2.75, 3.05) is 5.73 Å². The fraction of sp³-hybridized carbons (Fsp3) is 0.0870. The van der Waals surface area contributed by atoms with Gasteiger partial charge in [-0.15, -0.1) is 0 Å². The average molecular weight is 376 g/mol. The van der Waals surface area contributed by atoms with Crippen molar-refractivity contribution in [3.63, 3.8) is 0 Å². The summed E-state index contributed by atoms with van der Waals surface area (Å²) in [7, 11) is 0. The molecule has 27 heavy (non-hydrogen) atoms. The van der Waals surface area contributed by atoms with Crippen molar-refractivity contribution >= 4 is 34.0 Å². The number of fused-ring (bicyclic) bond motifs is 1. The number of halogens is 1. The fourth-order valence-electron chi connectivity index (χ4n) is 3.22. The summed E-state index contributed by atoms with van der Waals surface area (Å²) >= 11 is 6.24. The first-order chi connectivity index (χ1) is 12.9. The van der Waals surface area contributed by atoms with E-state index in [1.54, 1.807) is 12.1 Å². The molecule has 4 rings (SSSR count). The number of nitrogen functional groups attached to an aromatic ring is 1. The van der Waals surface area contributed by atoms with Gasteiger partial charge in [-0.05, 0) is 54.8 Å². The summed E-state index contributed by atoms with van der Waals surface area (Å²) in [6.07, 6.45) is 0. The maximum atomic E-state index is 12.9. The smallest absolute Gasteiger partial charge is 0.231 e. The van der Waals surface area contributed by atoms with Gasteiger partial charge in [0.1, 0.15) is 5.58 Å². The maximum absolute atomic E-state index is 12.9. The van der Waals surface area contributed by atoms with Gasteiger partial charge in [0, 0.05) is 10.9 Å². The van der Waals surface area contributed by atoms with E-state index in [-0.39, 0.29) is 11.5 Å². The van der Waals surface area contributed by atoms with Gasteiger partial charge in [-0.2, -0.15) is 0 Å². The van der Waals surface area contributed by atoms with Crippen molar-refractivity contribution in [2.45, 2.75) is 13.8 Å². The summed E-state index contributed by atoms with van der Waals surface area (Å²) in [5, 5.41) is 1.11. The second-order valence-corrected chi connectivity index (χ2v) is 7.14. The molecular weight excluding hydrogens is 358 g/mol. The Bertz CT molecular complexity index is 1190. The first-order valence-electron chi connectivity index (χ1n) is 8.64. The lowest BCUT2D eigenvalue weighted by atomic mass is 10.0. The first kappa shape index (κ1) is 17.4. The van der Waals surface area contributed by atoms with E-state index in [9.17, 15) is 4.79 Å². The Labute approximate surface area is 162 Å². The number of benzene rings is 3. The molecule has 0 bridgehead atoms. The lowest BCUT2D eigenvalue weighted by Gasteiger charge is -2.03. The third kappa shape index (κ3) is 3.11. The molecule has 134 valence electrons. The molecule has 0 unspecified atom stereocenters. The lowest BCUT2D eigenvalue weighted by molar-refractivity contribution is 0.101. The van der Waals surface area contributed by atoms with Gasteiger partial charge in [0.25, 0.3) is 0 Å². The average Bonchev–Trinajstić information content (AvgIpc) is 2.97. The number of anilines is 1. The van der Waals surface area contributed by atoms with Crippen LogP contribution in [-0.4, -0.2) is 5.78 Å². The minimum absolute atomic E-state index is 0.122. The number of ketones is 1. The highest BCUT2D eigenvalue weighted by Crippen LogP contribution is 2.34. The van der Waals surface area contributed by atoms with Crippen LogP contribution in [0.2, 0.25) is 5.02 Å². The SMILES string of the molecule is Cc1cccc(-c2ccc3c(N)c(C(=O)c4ccc(C)cc4Cl)oc3c2)c1. The number of carbonyl (C=O) groups is 1. The molecule has 0 saturated carbocycles. The molecule has 4 aromatic rings. The summed E-state index contributed by atoms with van der Waals surface area (Å²) in [5.41, 5.74) is 11.8. The zero-order valence-electron chi connectivity index (χ0n) is 15.0. The summed E-state index contributed by atoms with van der Waals surface area (Å²) in [4.78, 5) is 12.9. The van der Waals surface area contributed by atoms with Crippen LogP contribution < -0.4 is 5.73 Å². The van der Waals surface area contributed by atoms with Gasteiger partial charge in [0.2, 0.25) is 5.78 Å². The Kier molecular flexibility index (Phi) is 4.25. The van der Waals surface area contributed by atoms with E-state index in [0.717, 1.165) is 22.1 Å². The zero-order chi connectivity index (χ0) is 19.1.